The molecule has 1 unspecified atom stereocenters. The topological polar surface area (TPSA) is 44.8 Å². The summed E-state index contributed by atoms with van der Waals surface area (Å²) in [4.78, 5) is 17.2. The maximum atomic E-state index is 12.2. The van der Waals surface area contributed by atoms with Crippen LogP contribution >= 0.6 is 0 Å². The normalized spacial score (nSPS) is 25.0. The van der Waals surface area contributed by atoms with Gasteiger partial charge in [-0.05, 0) is 56.4 Å². The number of anilines is 2. The van der Waals surface area contributed by atoms with E-state index in [4.69, 9.17) is 4.74 Å². The van der Waals surface area contributed by atoms with Crippen LogP contribution in [0.15, 0.2) is 24.3 Å². The Morgan fingerprint density at radius 3 is 2.44 bits per heavy atom. The van der Waals surface area contributed by atoms with Crippen LogP contribution in [-0.4, -0.2) is 55.7 Å². The van der Waals surface area contributed by atoms with Crippen LogP contribution in [0, 0.1) is 0 Å². The summed E-state index contributed by atoms with van der Waals surface area (Å²) in [6, 6.07) is 9.15. The molecule has 5 heteroatoms. The second-order valence-electron chi connectivity index (χ2n) is 7.54. The summed E-state index contributed by atoms with van der Waals surface area (Å²) in [6.07, 6.45) is 6.62. The van der Waals surface area contributed by atoms with Gasteiger partial charge in [-0.25, -0.2) is 0 Å². The molecule has 4 rings (SSSR count). The molecule has 1 aromatic carbocycles. The van der Waals surface area contributed by atoms with Crippen LogP contribution in [0.2, 0.25) is 0 Å². The smallest absolute Gasteiger partial charge is 0.226 e. The number of benzene rings is 1. The Bertz CT molecular complexity index is 571. The minimum atomic E-state index is 0.0534. The van der Waals surface area contributed by atoms with Crippen molar-refractivity contribution >= 4 is 17.3 Å². The van der Waals surface area contributed by atoms with E-state index in [-0.39, 0.29) is 12.0 Å². The molecule has 0 aromatic heterocycles. The second-order valence-corrected chi connectivity index (χ2v) is 7.54. The van der Waals surface area contributed by atoms with Gasteiger partial charge in [-0.2, -0.15) is 0 Å². The van der Waals surface area contributed by atoms with E-state index in [1.165, 1.54) is 38.0 Å². The lowest BCUT2D eigenvalue weighted by molar-refractivity contribution is -0.119. The van der Waals surface area contributed by atoms with Crippen molar-refractivity contribution in [1.29, 1.82) is 0 Å². The SMILES string of the molecule is O=C(CC1CCCCO1)Nc1ccc(N2CCN(C3CC3)CC2)cc1. The summed E-state index contributed by atoms with van der Waals surface area (Å²) in [5, 5.41) is 3.00. The molecule has 0 bridgehead atoms. The monoisotopic (exact) mass is 343 g/mol. The predicted octanol–water partition coefficient (Wildman–Crippen LogP) is 2.87. The Hall–Kier alpha value is -1.59. The third-order valence-electron chi connectivity index (χ3n) is 5.58. The number of nitrogens with zero attached hydrogens (tertiary/aromatic N) is 2. The Morgan fingerprint density at radius 1 is 1.04 bits per heavy atom. The van der Waals surface area contributed by atoms with Gasteiger partial charge in [0.15, 0.2) is 0 Å². The molecular weight excluding hydrogens is 314 g/mol. The van der Waals surface area contributed by atoms with Crippen LogP contribution < -0.4 is 10.2 Å². The first-order valence-electron chi connectivity index (χ1n) is 9.78. The number of rotatable bonds is 5. The molecule has 1 saturated carbocycles. The van der Waals surface area contributed by atoms with Crippen LogP contribution in [0.5, 0.6) is 0 Å². The molecule has 3 fully saturated rings. The number of hydrogen-bond donors (Lipinski definition) is 1. The van der Waals surface area contributed by atoms with E-state index < -0.39 is 0 Å². The van der Waals surface area contributed by atoms with E-state index in [0.29, 0.717) is 6.42 Å². The van der Waals surface area contributed by atoms with Crippen LogP contribution in [0.1, 0.15) is 38.5 Å². The molecule has 0 spiro atoms. The fraction of sp³-hybridized carbons (Fsp3) is 0.650. The van der Waals surface area contributed by atoms with Crippen molar-refractivity contribution in [2.75, 3.05) is 43.0 Å². The number of nitrogens with one attached hydrogen (secondary N) is 1. The largest absolute Gasteiger partial charge is 0.378 e. The van der Waals surface area contributed by atoms with Crippen LogP contribution in [0.4, 0.5) is 11.4 Å². The Kier molecular flexibility index (Phi) is 5.22. The van der Waals surface area contributed by atoms with Gasteiger partial charge in [-0.15, -0.1) is 0 Å². The highest BCUT2D eigenvalue weighted by molar-refractivity contribution is 5.91. The highest BCUT2D eigenvalue weighted by atomic mass is 16.5. The Labute approximate surface area is 150 Å². The minimum Gasteiger partial charge on any atom is -0.378 e. The first-order valence-corrected chi connectivity index (χ1v) is 9.78. The number of hydrogen-bond acceptors (Lipinski definition) is 4. The van der Waals surface area contributed by atoms with Gasteiger partial charge in [0.25, 0.3) is 0 Å². The number of piperazine rings is 1. The molecule has 0 radical (unpaired) electrons. The van der Waals surface area contributed by atoms with Crippen molar-refractivity contribution in [3.05, 3.63) is 24.3 Å². The standard InChI is InChI=1S/C20H29N3O2/c24-20(15-19-3-1-2-14-25-19)21-16-4-6-17(7-5-16)22-10-12-23(13-11-22)18-8-9-18/h4-7,18-19H,1-3,8-15H2,(H,21,24). The quantitative estimate of drug-likeness (QED) is 0.893. The number of amides is 1. The molecule has 136 valence electrons. The summed E-state index contributed by atoms with van der Waals surface area (Å²) in [5.74, 6) is 0.0534. The molecule has 5 nitrogen and oxygen atoms in total. The Morgan fingerprint density at radius 2 is 1.80 bits per heavy atom. The van der Waals surface area contributed by atoms with Crippen molar-refractivity contribution in [2.45, 2.75) is 50.7 Å². The molecule has 1 aliphatic carbocycles. The second kappa shape index (κ2) is 7.75. The summed E-state index contributed by atoms with van der Waals surface area (Å²) < 4.78 is 5.64. The number of carbonyl (C=O) groups is 1. The van der Waals surface area contributed by atoms with Gasteiger partial charge >= 0.3 is 0 Å². The van der Waals surface area contributed by atoms with Gasteiger partial charge in [0, 0.05) is 50.2 Å². The molecular formula is C20H29N3O2. The minimum absolute atomic E-state index is 0.0534. The van der Waals surface area contributed by atoms with Crippen molar-refractivity contribution in [3.8, 4) is 0 Å². The lowest BCUT2D eigenvalue weighted by Crippen LogP contribution is -2.47. The molecule has 1 amide bonds. The van der Waals surface area contributed by atoms with E-state index in [9.17, 15) is 4.79 Å². The van der Waals surface area contributed by atoms with E-state index in [0.717, 1.165) is 44.3 Å². The predicted molar refractivity (Wildman–Crippen MR) is 100 cm³/mol. The molecule has 1 aromatic rings. The molecule has 3 aliphatic rings. The van der Waals surface area contributed by atoms with Gasteiger partial charge in [0.05, 0.1) is 12.5 Å². The fourth-order valence-corrected chi connectivity index (χ4v) is 3.93. The maximum absolute atomic E-state index is 12.2. The molecule has 25 heavy (non-hydrogen) atoms. The zero-order chi connectivity index (χ0) is 17.1. The molecule has 1 N–H and O–H groups in total. The van der Waals surface area contributed by atoms with Gasteiger partial charge in [-0.3, -0.25) is 9.69 Å². The number of ether oxygens (including phenoxy) is 1. The Balaban J connectivity index is 1.25. The van der Waals surface area contributed by atoms with Crippen molar-refractivity contribution in [1.82, 2.24) is 4.90 Å². The summed E-state index contributed by atoms with van der Waals surface area (Å²) in [7, 11) is 0. The van der Waals surface area contributed by atoms with Gasteiger partial charge < -0.3 is 15.0 Å². The summed E-state index contributed by atoms with van der Waals surface area (Å²) >= 11 is 0. The molecule has 2 saturated heterocycles. The van der Waals surface area contributed by atoms with E-state index >= 15 is 0 Å². The molecule has 2 heterocycles. The average molecular weight is 343 g/mol. The maximum Gasteiger partial charge on any atom is 0.226 e. The first-order chi connectivity index (χ1) is 12.3. The van der Waals surface area contributed by atoms with Crippen LogP contribution in [-0.2, 0) is 9.53 Å². The zero-order valence-corrected chi connectivity index (χ0v) is 15.0. The van der Waals surface area contributed by atoms with Crippen molar-refractivity contribution in [2.24, 2.45) is 0 Å². The van der Waals surface area contributed by atoms with Crippen molar-refractivity contribution in [3.63, 3.8) is 0 Å². The highest BCUT2D eigenvalue weighted by Gasteiger charge is 2.31. The zero-order valence-electron chi connectivity index (χ0n) is 15.0. The third-order valence-corrected chi connectivity index (χ3v) is 5.58. The van der Waals surface area contributed by atoms with E-state index in [2.05, 4.69) is 27.2 Å². The van der Waals surface area contributed by atoms with Gasteiger partial charge in [0.1, 0.15) is 0 Å². The lowest BCUT2D eigenvalue weighted by Gasteiger charge is -2.36. The lowest BCUT2D eigenvalue weighted by atomic mass is 10.1. The fourth-order valence-electron chi connectivity index (χ4n) is 3.93. The van der Waals surface area contributed by atoms with Crippen LogP contribution in [0.25, 0.3) is 0 Å². The van der Waals surface area contributed by atoms with Gasteiger partial charge in [0.2, 0.25) is 5.91 Å². The van der Waals surface area contributed by atoms with E-state index in [1.807, 2.05) is 12.1 Å². The third kappa shape index (κ3) is 4.53. The summed E-state index contributed by atoms with van der Waals surface area (Å²) in [6.45, 7) is 5.33. The molecule has 1 atom stereocenters. The van der Waals surface area contributed by atoms with Gasteiger partial charge in [-0.1, -0.05) is 0 Å². The van der Waals surface area contributed by atoms with E-state index in [1.54, 1.807) is 0 Å². The highest BCUT2D eigenvalue weighted by Crippen LogP contribution is 2.28. The van der Waals surface area contributed by atoms with Crippen LogP contribution in [0.3, 0.4) is 0 Å². The summed E-state index contributed by atoms with van der Waals surface area (Å²) in [5.41, 5.74) is 2.13. The first kappa shape index (κ1) is 16.9. The number of carbonyl (C=O) groups excluding carboxylic acids is 1. The molecule has 2 aliphatic heterocycles. The average Bonchev–Trinajstić information content (AvgIpc) is 3.48. The van der Waals surface area contributed by atoms with Crippen molar-refractivity contribution < 1.29 is 9.53 Å².